The van der Waals surface area contributed by atoms with Gasteiger partial charge in [-0.3, -0.25) is 4.79 Å². The average Bonchev–Trinajstić information content (AvgIpc) is 2.26. The first-order valence-electron chi connectivity index (χ1n) is 4.02. The minimum atomic E-state index is -0.315. The third kappa shape index (κ3) is 2.56. The van der Waals surface area contributed by atoms with Crippen molar-refractivity contribution in [3.63, 3.8) is 0 Å². The number of nitrogens with zero attached hydrogens (tertiary/aromatic N) is 2. The molecule has 0 bridgehead atoms. The quantitative estimate of drug-likeness (QED) is 0.829. The maximum absolute atomic E-state index is 11.5. The SMILES string of the molecule is O=c1c(Cl)nsnc1Sc1ccccc1. The molecule has 0 aliphatic heterocycles. The van der Waals surface area contributed by atoms with E-state index >= 15 is 0 Å². The van der Waals surface area contributed by atoms with E-state index in [4.69, 9.17) is 11.6 Å². The molecule has 1 aromatic heterocycles. The summed E-state index contributed by atoms with van der Waals surface area (Å²) in [6.45, 7) is 0. The Hall–Kier alpha value is -0.910. The Balaban J connectivity index is 2.33. The Kier molecular flexibility index (Phi) is 3.35. The molecule has 6 heteroatoms. The maximum Gasteiger partial charge on any atom is 0.250 e. The molecule has 0 radical (unpaired) electrons. The Morgan fingerprint density at radius 2 is 1.93 bits per heavy atom. The van der Waals surface area contributed by atoms with Crippen molar-refractivity contribution in [3.05, 3.63) is 45.7 Å². The molecule has 0 spiro atoms. The van der Waals surface area contributed by atoms with Gasteiger partial charge >= 0.3 is 0 Å². The number of halogens is 1. The molecule has 2 rings (SSSR count). The van der Waals surface area contributed by atoms with E-state index in [0.29, 0.717) is 5.03 Å². The third-order valence-electron chi connectivity index (χ3n) is 1.58. The zero-order chi connectivity index (χ0) is 10.7. The molecule has 0 saturated heterocycles. The van der Waals surface area contributed by atoms with Crippen molar-refractivity contribution in [2.24, 2.45) is 0 Å². The normalized spacial score (nSPS) is 10.2. The lowest BCUT2D eigenvalue weighted by molar-refractivity contribution is 1.15. The molecule has 2 aromatic rings. The summed E-state index contributed by atoms with van der Waals surface area (Å²) in [5.41, 5.74) is -0.315. The lowest BCUT2D eigenvalue weighted by Gasteiger charge is -1.97. The summed E-state index contributed by atoms with van der Waals surface area (Å²) in [6, 6.07) is 9.53. The second kappa shape index (κ2) is 4.74. The zero-order valence-corrected chi connectivity index (χ0v) is 9.77. The minimum absolute atomic E-state index is 0.0200. The van der Waals surface area contributed by atoms with Crippen molar-refractivity contribution in [2.45, 2.75) is 9.92 Å². The van der Waals surface area contributed by atoms with Gasteiger partial charge in [0.2, 0.25) is 5.43 Å². The monoisotopic (exact) mass is 256 g/mol. The highest BCUT2D eigenvalue weighted by molar-refractivity contribution is 7.99. The molecular weight excluding hydrogens is 252 g/mol. The molecule has 0 amide bonds. The highest BCUT2D eigenvalue weighted by atomic mass is 35.5. The zero-order valence-electron chi connectivity index (χ0n) is 7.38. The van der Waals surface area contributed by atoms with Crippen LogP contribution in [0.4, 0.5) is 0 Å². The summed E-state index contributed by atoms with van der Waals surface area (Å²) in [5, 5.41) is 0.347. The minimum Gasteiger partial charge on any atom is -0.283 e. The van der Waals surface area contributed by atoms with Gasteiger partial charge in [0.15, 0.2) is 10.2 Å². The molecule has 0 unspecified atom stereocenters. The fourth-order valence-electron chi connectivity index (χ4n) is 0.930. The predicted octanol–water partition coefficient (Wildman–Crippen LogP) is 2.70. The van der Waals surface area contributed by atoms with E-state index < -0.39 is 0 Å². The first-order chi connectivity index (χ1) is 7.27. The second-order valence-electron chi connectivity index (χ2n) is 2.60. The Morgan fingerprint density at radius 1 is 1.20 bits per heavy atom. The van der Waals surface area contributed by atoms with Crippen LogP contribution in [0, 0.1) is 0 Å². The van der Waals surface area contributed by atoms with Gasteiger partial charge in [-0.25, -0.2) is 0 Å². The summed E-state index contributed by atoms with van der Waals surface area (Å²) < 4.78 is 7.58. The number of rotatable bonds is 2. The molecule has 3 nitrogen and oxygen atoms in total. The van der Waals surface area contributed by atoms with Gasteiger partial charge in [0.25, 0.3) is 0 Å². The van der Waals surface area contributed by atoms with E-state index in [1.54, 1.807) is 0 Å². The van der Waals surface area contributed by atoms with Crippen LogP contribution in [-0.2, 0) is 0 Å². The third-order valence-corrected chi connectivity index (χ3v) is 3.56. The molecule has 0 fully saturated rings. The summed E-state index contributed by atoms with van der Waals surface area (Å²) in [7, 11) is 0. The van der Waals surface area contributed by atoms with E-state index in [0.717, 1.165) is 16.6 Å². The number of hydrogen-bond donors (Lipinski definition) is 0. The van der Waals surface area contributed by atoms with E-state index in [1.165, 1.54) is 11.8 Å². The number of benzene rings is 1. The van der Waals surface area contributed by atoms with Crippen LogP contribution >= 0.6 is 35.1 Å². The summed E-state index contributed by atoms with van der Waals surface area (Å²) in [4.78, 5) is 12.5. The van der Waals surface area contributed by atoms with Crippen molar-refractivity contribution in [1.29, 1.82) is 0 Å². The largest absolute Gasteiger partial charge is 0.283 e. The van der Waals surface area contributed by atoms with Crippen LogP contribution in [0.15, 0.2) is 45.0 Å². The molecule has 1 heterocycles. The highest BCUT2D eigenvalue weighted by Crippen LogP contribution is 2.23. The van der Waals surface area contributed by atoms with Gasteiger partial charge < -0.3 is 0 Å². The van der Waals surface area contributed by atoms with Crippen LogP contribution in [0.1, 0.15) is 0 Å². The first-order valence-corrected chi connectivity index (χ1v) is 5.95. The lowest BCUT2D eigenvalue weighted by Crippen LogP contribution is -2.06. The fourth-order valence-corrected chi connectivity index (χ4v) is 2.48. The standard InChI is InChI=1S/C9H5ClN2OS2/c10-8-7(13)9(12-15-11-8)14-6-4-2-1-3-5-6/h1-5H. The van der Waals surface area contributed by atoms with Gasteiger partial charge in [-0.2, -0.15) is 8.75 Å². The predicted molar refractivity (Wildman–Crippen MR) is 61.8 cm³/mol. The van der Waals surface area contributed by atoms with Crippen LogP contribution in [-0.4, -0.2) is 8.75 Å². The van der Waals surface area contributed by atoms with E-state index in [1.807, 2.05) is 30.3 Å². The molecule has 15 heavy (non-hydrogen) atoms. The molecule has 0 N–H and O–H groups in total. The number of aromatic nitrogens is 2. The molecular formula is C9H5ClN2OS2. The van der Waals surface area contributed by atoms with E-state index in [-0.39, 0.29) is 10.6 Å². The summed E-state index contributed by atoms with van der Waals surface area (Å²) in [6.07, 6.45) is 0. The Labute approximate surface area is 99.4 Å². The van der Waals surface area contributed by atoms with Crippen LogP contribution in [0.3, 0.4) is 0 Å². The summed E-state index contributed by atoms with van der Waals surface area (Å²) >= 11 is 7.84. The average molecular weight is 257 g/mol. The molecule has 0 atom stereocenters. The Bertz CT molecular complexity index is 515. The Morgan fingerprint density at radius 3 is 2.67 bits per heavy atom. The van der Waals surface area contributed by atoms with Gasteiger partial charge in [0.1, 0.15) is 0 Å². The van der Waals surface area contributed by atoms with Gasteiger partial charge in [0.05, 0.1) is 11.7 Å². The molecule has 1 aromatic carbocycles. The second-order valence-corrected chi connectivity index (χ2v) is 4.55. The molecule has 76 valence electrons. The smallest absolute Gasteiger partial charge is 0.250 e. The topological polar surface area (TPSA) is 42.9 Å². The summed E-state index contributed by atoms with van der Waals surface area (Å²) in [5.74, 6) is 0. The molecule has 0 saturated carbocycles. The van der Waals surface area contributed by atoms with Gasteiger partial charge in [0, 0.05) is 4.90 Å². The molecule has 0 aliphatic carbocycles. The van der Waals surface area contributed by atoms with Crippen LogP contribution in [0.2, 0.25) is 5.15 Å². The van der Waals surface area contributed by atoms with Crippen LogP contribution in [0.25, 0.3) is 0 Å². The highest BCUT2D eigenvalue weighted by Gasteiger charge is 2.07. The molecule has 0 aliphatic rings. The van der Waals surface area contributed by atoms with Crippen molar-refractivity contribution in [3.8, 4) is 0 Å². The van der Waals surface area contributed by atoms with E-state index in [9.17, 15) is 4.79 Å². The van der Waals surface area contributed by atoms with Crippen LogP contribution < -0.4 is 5.43 Å². The van der Waals surface area contributed by atoms with Gasteiger partial charge in [-0.1, -0.05) is 41.6 Å². The lowest BCUT2D eigenvalue weighted by atomic mass is 10.4. The first kappa shape index (κ1) is 10.6. The maximum atomic E-state index is 11.5. The van der Waals surface area contributed by atoms with Crippen molar-refractivity contribution in [1.82, 2.24) is 8.75 Å². The number of hydrogen-bond acceptors (Lipinski definition) is 5. The van der Waals surface area contributed by atoms with Gasteiger partial charge in [-0.15, -0.1) is 0 Å². The van der Waals surface area contributed by atoms with E-state index in [2.05, 4.69) is 8.75 Å². The van der Waals surface area contributed by atoms with Crippen molar-refractivity contribution >= 4 is 35.1 Å². The van der Waals surface area contributed by atoms with Crippen molar-refractivity contribution < 1.29 is 0 Å². The van der Waals surface area contributed by atoms with Crippen molar-refractivity contribution in [2.75, 3.05) is 0 Å². The van der Waals surface area contributed by atoms with Gasteiger partial charge in [-0.05, 0) is 12.1 Å². The van der Waals surface area contributed by atoms with Crippen LogP contribution in [0.5, 0.6) is 0 Å². The fraction of sp³-hybridized carbons (Fsp3) is 0.